The predicted octanol–water partition coefficient (Wildman–Crippen LogP) is 3.22. The molecule has 0 radical (unpaired) electrons. The topological polar surface area (TPSA) is 48.0 Å². The van der Waals surface area contributed by atoms with E-state index in [1.54, 1.807) is 0 Å². The van der Waals surface area contributed by atoms with Crippen molar-refractivity contribution in [2.45, 2.75) is 37.8 Å². The molecule has 2 aromatic rings. The van der Waals surface area contributed by atoms with Crippen LogP contribution in [0.4, 0.5) is 0 Å². The average molecular weight is 279 g/mol. The summed E-state index contributed by atoms with van der Waals surface area (Å²) in [6.45, 7) is 0.874. The summed E-state index contributed by atoms with van der Waals surface area (Å²) in [6.07, 6.45) is 4.46. The third-order valence-corrected chi connectivity index (χ3v) is 4.65. The molecule has 3 rings (SSSR count). The number of aliphatic hydroxyl groups excluding tert-OH is 1. The van der Waals surface area contributed by atoms with Crippen molar-refractivity contribution in [2.75, 3.05) is 6.61 Å². The van der Waals surface area contributed by atoms with Gasteiger partial charge in [-0.3, -0.25) is 0 Å². The highest BCUT2D eigenvalue weighted by molar-refractivity contribution is 6.36. The first-order chi connectivity index (χ1) is 9.24. The standard InChI is InChI=1S/C15H19ClN2O/c16-14-11-5-1-2-6-12(11)18-13(14)9-17-15(10-19)7-3-4-8-15/h1-2,5-6,17-19H,3-4,7-10H2. The molecule has 19 heavy (non-hydrogen) atoms. The number of benzene rings is 1. The number of H-pyrrole nitrogens is 1. The molecule has 0 aliphatic heterocycles. The Kier molecular flexibility index (Phi) is 3.52. The zero-order valence-electron chi connectivity index (χ0n) is 10.9. The number of aliphatic hydroxyl groups is 1. The molecule has 0 amide bonds. The molecular weight excluding hydrogens is 260 g/mol. The van der Waals surface area contributed by atoms with Crippen LogP contribution in [0, 0.1) is 0 Å². The van der Waals surface area contributed by atoms with Crippen LogP contribution in [0.15, 0.2) is 24.3 Å². The van der Waals surface area contributed by atoms with Gasteiger partial charge in [-0.1, -0.05) is 42.6 Å². The number of para-hydroxylation sites is 1. The average Bonchev–Trinajstić information content (AvgIpc) is 3.03. The molecule has 1 heterocycles. The van der Waals surface area contributed by atoms with Gasteiger partial charge in [-0.15, -0.1) is 0 Å². The summed E-state index contributed by atoms with van der Waals surface area (Å²) >= 11 is 6.40. The number of nitrogens with one attached hydrogen (secondary N) is 2. The maximum atomic E-state index is 9.60. The first kappa shape index (κ1) is 13.0. The first-order valence-corrected chi connectivity index (χ1v) is 7.23. The molecule has 1 aromatic carbocycles. The molecule has 1 aliphatic carbocycles. The highest BCUT2D eigenvalue weighted by Gasteiger charge is 2.32. The van der Waals surface area contributed by atoms with Crippen LogP contribution < -0.4 is 5.32 Å². The molecule has 3 nitrogen and oxygen atoms in total. The van der Waals surface area contributed by atoms with Crippen LogP contribution in [0.5, 0.6) is 0 Å². The Hall–Kier alpha value is -1.03. The first-order valence-electron chi connectivity index (χ1n) is 6.85. The fourth-order valence-corrected chi connectivity index (χ4v) is 3.28. The number of hydrogen-bond donors (Lipinski definition) is 3. The second kappa shape index (κ2) is 5.16. The van der Waals surface area contributed by atoms with E-state index in [2.05, 4.69) is 10.3 Å². The molecular formula is C15H19ClN2O. The van der Waals surface area contributed by atoms with E-state index in [1.807, 2.05) is 24.3 Å². The van der Waals surface area contributed by atoms with Crippen LogP contribution >= 0.6 is 11.6 Å². The van der Waals surface area contributed by atoms with Gasteiger partial charge in [0.05, 0.1) is 11.6 Å². The molecule has 4 heteroatoms. The van der Waals surface area contributed by atoms with Gasteiger partial charge in [-0.2, -0.15) is 0 Å². The third-order valence-electron chi connectivity index (χ3n) is 4.22. The van der Waals surface area contributed by atoms with E-state index >= 15 is 0 Å². The summed E-state index contributed by atoms with van der Waals surface area (Å²) in [6, 6.07) is 8.04. The van der Waals surface area contributed by atoms with Crippen molar-refractivity contribution in [3.8, 4) is 0 Å². The van der Waals surface area contributed by atoms with Crippen molar-refractivity contribution in [2.24, 2.45) is 0 Å². The summed E-state index contributed by atoms with van der Waals surface area (Å²) in [5.41, 5.74) is 1.96. The highest BCUT2D eigenvalue weighted by Crippen LogP contribution is 2.31. The maximum Gasteiger partial charge on any atom is 0.0705 e. The van der Waals surface area contributed by atoms with Gasteiger partial charge >= 0.3 is 0 Å². The minimum Gasteiger partial charge on any atom is -0.394 e. The van der Waals surface area contributed by atoms with Crippen molar-refractivity contribution in [1.29, 1.82) is 0 Å². The number of rotatable bonds is 4. The van der Waals surface area contributed by atoms with E-state index in [-0.39, 0.29) is 12.1 Å². The van der Waals surface area contributed by atoms with Gasteiger partial charge in [0.25, 0.3) is 0 Å². The van der Waals surface area contributed by atoms with Gasteiger partial charge in [0.1, 0.15) is 0 Å². The van der Waals surface area contributed by atoms with Crippen LogP contribution in [0.25, 0.3) is 10.9 Å². The molecule has 1 fully saturated rings. The van der Waals surface area contributed by atoms with Crippen molar-refractivity contribution in [3.05, 3.63) is 35.0 Å². The lowest BCUT2D eigenvalue weighted by Crippen LogP contribution is -2.45. The number of aromatic amines is 1. The minimum absolute atomic E-state index is 0.110. The van der Waals surface area contributed by atoms with Gasteiger partial charge in [-0.25, -0.2) is 0 Å². The fraction of sp³-hybridized carbons (Fsp3) is 0.467. The second-order valence-corrected chi connectivity index (χ2v) is 5.84. The van der Waals surface area contributed by atoms with E-state index in [0.717, 1.165) is 34.5 Å². The Morgan fingerprint density at radius 1 is 1.26 bits per heavy atom. The lowest BCUT2D eigenvalue weighted by molar-refractivity contribution is 0.162. The monoisotopic (exact) mass is 278 g/mol. The molecule has 1 aromatic heterocycles. The van der Waals surface area contributed by atoms with Crippen LogP contribution in [0.3, 0.4) is 0 Å². The summed E-state index contributed by atoms with van der Waals surface area (Å²) in [7, 11) is 0. The van der Waals surface area contributed by atoms with Gasteiger partial charge < -0.3 is 15.4 Å². The number of aromatic nitrogens is 1. The third kappa shape index (κ3) is 2.38. The Labute approximate surface area is 118 Å². The zero-order chi connectivity index (χ0) is 13.3. The molecule has 0 atom stereocenters. The van der Waals surface area contributed by atoms with Crippen LogP contribution in [-0.4, -0.2) is 22.2 Å². The van der Waals surface area contributed by atoms with E-state index < -0.39 is 0 Å². The van der Waals surface area contributed by atoms with Crippen molar-refractivity contribution < 1.29 is 5.11 Å². The predicted molar refractivity (Wildman–Crippen MR) is 78.4 cm³/mol. The van der Waals surface area contributed by atoms with Gasteiger partial charge in [-0.05, 0) is 18.9 Å². The Morgan fingerprint density at radius 3 is 2.68 bits per heavy atom. The van der Waals surface area contributed by atoms with E-state index in [1.165, 1.54) is 12.8 Å². The molecule has 0 saturated heterocycles. The Morgan fingerprint density at radius 2 is 2.00 bits per heavy atom. The van der Waals surface area contributed by atoms with Crippen LogP contribution in [0.1, 0.15) is 31.4 Å². The molecule has 102 valence electrons. The lowest BCUT2D eigenvalue weighted by Gasteiger charge is -2.28. The zero-order valence-corrected chi connectivity index (χ0v) is 11.6. The maximum absolute atomic E-state index is 9.60. The summed E-state index contributed by atoms with van der Waals surface area (Å²) in [4.78, 5) is 3.35. The number of halogens is 1. The SMILES string of the molecule is OCC1(NCc2[nH]c3ccccc3c2Cl)CCCC1. The highest BCUT2D eigenvalue weighted by atomic mass is 35.5. The molecule has 1 aliphatic rings. The number of fused-ring (bicyclic) bond motifs is 1. The largest absolute Gasteiger partial charge is 0.394 e. The van der Waals surface area contributed by atoms with Crippen molar-refractivity contribution >= 4 is 22.5 Å². The Bertz CT molecular complexity index is 573. The van der Waals surface area contributed by atoms with Crippen molar-refractivity contribution in [3.63, 3.8) is 0 Å². The van der Waals surface area contributed by atoms with E-state index in [9.17, 15) is 5.11 Å². The fourth-order valence-electron chi connectivity index (χ4n) is 3.00. The van der Waals surface area contributed by atoms with Gasteiger partial charge in [0.15, 0.2) is 0 Å². The van der Waals surface area contributed by atoms with Crippen LogP contribution in [-0.2, 0) is 6.54 Å². The molecule has 1 saturated carbocycles. The normalized spacial score (nSPS) is 18.2. The minimum atomic E-state index is -0.110. The summed E-state index contributed by atoms with van der Waals surface area (Å²) in [5.74, 6) is 0. The Balaban J connectivity index is 1.80. The van der Waals surface area contributed by atoms with Crippen molar-refractivity contribution in [1.82, 2.24) is 10.3 Å². The van der Waals surface area contributed by atoms with E-state index in [0.29, 0.717) is 6.54 Å². The van der Waals surface area contributed by atoms with Gasteiger partial charge in [0.2, 0.25) is 0 Å². The summed E-state index contributed by atoms with van der Waals surface area (Å²) < 4.78 is 0. The molecule has 3 N–H and O–H groups in total. The molecule has 0 bridgehead atoms. The van der Waals surface area contributed by atoms with E-state index in [4.69, 9.17) is 11.6 Å². The van der Waals surface area contributed by atoms with Crippen LogP contribution in [0.2, 0.25) is 5.02 Å². The van der Waals surface area contributed by atoms with Gasteiger partial charge in [0, 0.05) is 28.7 Å². The molecule has 0 spiro atoms. The molecule has 0 unspecified atom stereocenters. The summed E-state index contributed by atoms with van der Waals surface area (Å²) in [5, 5.41) is 14.9. The number of hydrogen-bond acceptors (Lipinski definition) is 2. The lowest BCUT2D eigenvalue weighted by atomic mass is 9.99. The smallest absolute Gasteiger partial charge is 0.0705 e. The second-order valence-electron chi connectivity index (χ2n) is 5.46. The quantitative estimate of drug-likeness (QED) is 0.804.